The summed E-state index contributed by atoms with van der Waals surface area (Å²) in [4.78, 5) is 4.20. The van der Waals surface area contributed by atoms with Gasteiger partial charge in [-0.05, 0) is 0 Å². The van der Waals surface area contributed by atoms with Gasteiger partial charge in [0.25, 0.3) is 0 Å². The molecule has 6 heavy (non-hydrogen) atoms. The van der Waals surface area contributed by atoms with Crippen molar-refractivity contribution in [2.45, 2.75) is 0 Å². The van der Waals surface area contributed by atoms with Crippen LogP contribution >= 0.6 is 0 Å². The van der Waals surface area contributed by atoms with Crippen LogP contribution < -0.4 is 11.2 Å². The van der Waals surface area contributed by atoms with E-state index >= 15 is 0 Å². The predicted molar refractivity (Wildman–Crippen MR) is 22.1 cm³/mol. The molecule has 0 atom stereocenters. The van der Waals surface area contributed by atoms with E-state index in [1.807, 2.05) is 0 Å². The van der Waals surface area contributed by atoms with Crippen LogP contribution in [0.5, 0.6) is 0 Å². The van der Waals surface area contributed by atoms with Crippen LogP contribution in [0.1, 0.15) is 0 Å². The summed E-state index contributed by atoms with van der Waals surface area (Å²) in [6, 6.07) is 0. The molecule has 0 aliphatic heterocycles. The molecular formula is C2H7N3O. The first-order chi connectivity index (χ1) is 2.77. The van der Waals surface area contributed by atoms with Gasteiger partial charge in [0.2, 0.25) is 5.96 Å². The number of guanidine groups is 1. The predicted octanol–water partition coefficient (Wildman–Crippen LogP) is -0.969. The Morgan fingerprint density at radius 2 is 2.50 bits per heavy atom. The normalized spacial score (nSPS) is 7.50. The Balaban J connectivity index is 2.83. The molecule has 0 saturated carbocycles. The maximum atomic E-state index is 6.44. The molecule has 0 radical (unpaired) electrons. The van der Waals surface area contributed by atoms with Crippen LogP contribution in [0.2, 0.25) is 0 Å². The quantitative estimate of drug-likeness (QED) is 0.220. The summed E-state index contributed by atoms with van der Waals surface area (Å²) in [6.45, 7) is 0. The Morgan fingerprint density at radius 3 is 2.50 bits per heavy atom. The molecular weight excluding hydrogens is 82.0 g/mol. The van der Waals surface area contributed by atoms with Crippen LogP contribution in [0.25, 0.3) is 0 Å². The van der Waals surface area contributed by atoms with E-state index in [9.17, 15) is 0 Å². The van der Waals surface area contributed by atoms with Gasteiger partial charge in [-0.25, -0.2) is 5.48 Å². The summed E-state index contributed by atoms with van der Waals surface area (Å²) in [5.41, 5.74) is 6.82. The highest BCUT2D eigenvalue weighted by atomic mass is 16.6. The Kier molecular flexibility index (Phi) is 2.15. The van der Waals surface area contributed by atoms with Crippen LogP contribution in [0.15, 0.2) is 0 Å². The summed E-state index contributed by atoms with van der Waals surface area (Å²) in [7, 11) is 1.39. The van der Waals surface area contributed by atoms with Gasteiger partial charge in [-0.2, -0.15) is 0 Å². The Morgan fingerprint density at radius 1 is 2.00 bits per heavy atom. The Labute approximate surface area is 35.7 Å². The van der Waals surface area contributed by atoms with Crippen molar-refractivity contribution in [2.24, 2.45) is 5.73 Å². The highest BCUT2D eigenvalue weighted by Crippen LogP contribution is 1.45. The fraction of sp³-hybridized carbons (Fsp3) is 0.500. The van der Waals surface area contributed by atoms with Gasteiger partial charge in [0.05, 0.1) is 7.11 Å². The Hall–Kier alpha value is -0.770. The second-order valence-electron chi connectivity index (χ2n) is 0.720. The van der Waals surface area contributed by atoms with Crippen molar-refractivity contribution >= 4 is 5.96 Å². The molecule has 0 aromatic heterocycles. The molecule has 0 saturated heterocycles. The molecule has 36 valence electrons. The molecule has 4 nitrogen and oxygen atoms in total. The lowest BCUT2D eigenvalue weighted by Gasteiger charge is -1.93. The molecule has 0 spiro atoms. The van der Waals surface area contributed by atoms with Crippen molar-refractivity contribution in [1.82, 2.24) is 5.48 Å². The van der Waals surface area contributed by atoms with Gasteiger partial charge >= 0.3 is 0 Å². The zero-order valence-corrected chi connectivity index (χ0v) is 3.49. The number of nitrogens with two attached hydrogens (primary N) is 1. The molecule has 0 amide bonds. The second kappa shape index (κ2) is 2.47. The van der Waals surface area contributed by atoms with Crippen LogP contribution in [-0.2, 0) is 4.84 Å². The highest BCUT2D eigenvalue weighted by molar-refractivity contribution is 5.72. The highest BCUT2D eigenvalue weighted by Gasteiger charge is 1.73. The van der Waals surface area contributed by atoms with E-state index < -0.39 is 0 Å². The van der Waals surface area contributed by atoms with Gasteiger partial charge in [0, 0.05) is 0 Å². The number of hydrogen-bond donors (Lipinski definition) is 3. The van der Waals surface area contributed by atoms with Crippen molar-refractivity contribution in [2.75, 3.05) is 7.11 Å². The van der Waals surface area contributed by atoms with Crippen molar-refractivity contribution in [3.63, 3.8) is 0 Å². The first-order valence-corrected chi connectivity index (χ1v) is 1.40. The van der Waals surface area contributed by atoms with Crippen LogP contribution in [0.3, 0.4) is 0 Å². The molecule has 0 aliphatic rings. The molecule has 0 aliphatic carbocycles. The average molecular weight is 89.1 g/mol. The van der Waals surface area contributed by atoms with E-state index in [1.54, 1.807) is 0 Å². The summed E-state index contributed by atoms with van der Waals surface area (Å²) in [6.07, 6.45) is 0. The molecule has 0 aromatic carbocycles. The summed E-state index contributed by atoms with van der Waals surface area (Å²) >= 11 is 0. The minimum absolute atomic E-state index is 0.183. The lowest BCUT2D eigenvalue weighted by molar-refractivity contribution is 0.142. The minimum atomic E-state index is -0.183. The average Bonchev–Trinajstić information content (AvgIpc) is 1.35. The van der Waals surface area contributed by atoms with Crippen molar-refractivity contribution in [1.29, 1.82) is 5.41 Å². The number of hydroxylamine groups is 1. The van der Waals surface area contributed by atoms with Gasteiger partial charge in [0.1, 0.15) is 0 Å². The van der Waals surface area contributed by atoms with Gasteiger partial charge in [-0.1, -0.05) is 0 Å². The molecule has 0 rings (SSSR count). The van der Waals surface area contributed by atoms with Gasteiger partial charge < -0.3 is 5.73 Å². The van der Waals surface area contributed by atoms with E-state index in [4.69, 9.17) is 11.1 Å². The molecule has 4 N–H and O–H groups in total. The lowest BCUT2D eigenvalue weighted by Crippen LogP contribution is -2.28. The fourth-order valence-corrected chi connectivity index (χ4v) is 0.110. The van der Waals surface area contributed by atoms with Gasteiger partial charge in [0.15, 0.2) is 0 Å². The van der Waals surface area contributed by atoms with E-state index in [0.29, 0.717) is 0 Å². The number of nitrogens with one attached hydrogen (secondary N) is 2. The van der Waals surface area contributed by atoms with E-state index in [-0.39, 0.29) is 5.96 Å². The summed E-state index contributed by atoms with van der Waals surface area (Å²) < 4.78 is 0. The van der Waals surface area contributed by atoms with Crippen molar-refractivity contribution < 1.29 is 4.84 Å². The van der Waals surface area contributed by atoms with E-state index in [1.165, 1.54) is 7.11 Å². The smallest absolute Gasteiger partial charge is 0.210 e. The second-order valence-corrected chi connectivity index (χ2v) is 0.720. The zero-order valence-electron chi connectivity index (χ0n) is 3.49. The standard InChI is InChI=1S/C2H7N3O/c1-6-5-2(3)4/h1H3,(H4,3,4,5). The van der Waals surface area contributed by atoms with Crippen LogP contribution in [0, 0.1) is 5.41 Å². The monoisotopic (exact) mass is 89.1 g/mol. The molecule has 0 fully saturated rings. The van der Waals surface area contributed by atoms with Crippen LogP contribution in [-0.4, -0.2) is 13.1 Å². The first-order valence-electron chi connectivity index (χ1n) is 1.40. The van der Waals surface area contributed by atoms with E-state index in [0.717, 1.165) is 0 Å². The Bertz CT molecular complexity index is 52.8. The third-order valence-corrected chi connectivity index (χ3v) is 0.212. The number of rotatable bonds is 1. The van der Waals surface area contributed by atoms with Crippen molar-refractivity contribution in [3.05, 3.63) is 0 Å². The van der Waals surface area contributed by atoms with E-state index in [2.05, 4.69) is 10.3 Å². The molecule has 4 heteroatoms. The summed E-state index contributed by atoms with van der Waals surface area (Å²) in [5, 5.41) is 6.44. The maximum Gasteiger partial charge on any atom is 0.210 e. The molecule has 0 heterocycles. The van der Waals surface area contributed by atoms with Gasteiger partial charge in [-0.3, -0.25) is 10.2 Å². The third kappa shape index (κ3) is 3.23. The largest absolute Gasteiger partial charge is 0.368 e. The lowest BCUT2D eigenvalue weighted by atomic mass is 11.1. The maximum absolute atomic E-state index is 6.44. The summed E-state index contributed by atoms with van der Waals surface area (Å²) in [5.74, 6) is -0.183. The third-order valence-electron chi connectivity index (χ3n) is 0.212. The minimum Gasteiger partial charge on any atom is -0.368 e. The SMILES string of the molecule is CONC(=N)N. The fourth-order valence-electron chi connectivity index (χ4n) is 0.110. The van der Waals surface area contributed by atoms with Crippen molar-refractivity contribution in [3.8, 4) is 0 Å². The zero-order chi connectivity index (χ0) is 4.99. The molecule has 0 aromatic rings. The first kappa shape index (κ1) is 5.23. The number of hydrogen-bond acceptors (Lipinski definition) is 2. The van der Waals surface area contributed by atoms with Gasteiger partial charge in [-0.15, -0.1) is 0 Å². The topological polar surface area (TPSA) is 71.1 Å². The molecule has 0 bridgehead atoms. The molecule has 0 unspecified atom stereocenters. The van der Waals surface area contributed by atoms with Crippen LogP contribution in [0.4, 0.5) is 0 Å².